The molecular weight excluding hydrogens is 462 g/mol. The number of hydrogen-bond donors (Lipinski definition) is 2. The number of carbonyl (C=O) groups excluding carboxylic acids is 2. The number of nitrogens with zero attached hydrogens (tertiary/aromatic N) is 5. The molecule has 2 N–H and O–H groups in total. The molecule has 0 radical (unpaired) electrons. The predicted molar refractivity (Wildman–Crippen MR) is 138 cm³/mol. The molecule has 9 nitrogen and oxygen atoms in total. The van der Waals surface area contributed by atoms with Gasteiger partial charge in [-0.1, -0.05) is 0 Å². The van der Waals surface area contributed by atoms with Gasteiger partial charge < -0.3 is 20.4 Å². The summed E-state index contributed by atoms with van der Waals surface area (Å²) in [5.74, 6) is -0.0835. The number of nitrogens with one attached hydrogen (secondary N) is 2. The number of fused-ring (bicyclic) bond motifs is 1. The maximum Gasteiger partial charge on any atom is 0.255 e. The van der Waals surface area contributed by atoms with Crippen LogP contribution in [0.1, 0.15) is 26.4 Å². The zero-order chi connectivity index (χ0) is 24.5. The van der Waals surface area contributed by atoms with Gasteiger partial charge in [0.2, 0.25) is 0 Å². The van der Waals surface area contributed by atoms with Gasteiger partial charge in [-0.2, -0.15) is 0 Å². The van der Waals surface area contributed by atoms with Gasteiger partial charge in [0, 0.05) is 56.1 Å². The van der Waals surface area contributed by atoms with E-state index in [-0.39, 0.29) is 11.8 Å². The van der Waals surface area contributed by atoms with Crippen LogP contribution in [0.15, 0.2) is 48.0 Å². The highest BCUT2D eigenvalue weighted by Gasteiger charge is 2.22. The first-order valence-corrected chi connectivity index (χ1v) is 12.3. The molecule has 1 saturated heterocycles. The van der Waals surface area contributed by atoms with E-state index in [0.29, 0.717) is 11.1 Å². The standard InChI is InChI=1S/C25H27N7O2S/c1-16-22(20-15-35-25(29-20)28-19-7-4-17(5-8-19)23(33)26-2)32-14-18(6-9-21(32)27-16)24(34)31-12-10-30(3)11-13-31/h4-9,14-15H,10-13H2,1-3H3,(H,26,33)(H,28,29). The van der Waals surface area contributed by atoms with E-state index in [2.05, 4.69) is 27.6 Å². The molecule has 0 bridgehead atoms. The molecule has 1 aliphatic heterocycles. The lowest BCUT2D eigenvalue weighted by molar-refractivity contribution is 0.0663. The summed E-state index contributed by atoms with van der Waals surface area (Å²) in [6.45, 7) is 5.18. The van der Waals surface area contributed by atoms with E-state index in [9.17, 15) is 9.59 Å². The van der Waals surface area contributed by atoms with Gasteiger partial charge in [0.15, 0.2) is 5.13 Å². The molecule has 35 heavy (non-hydrogen) atoms. The van der Waals surface area contributed by atoms with Crippen molar-refractivity contribution in [3.05, 3.63) is 64.8 Å². The summed E-state index contributed by atoms with van der Waals surface area (Å²) in [7, 11) is 3.68. The Balaban J connectivity index is 1.40. The number of rotatable bonds is 5. The Hall–Kier alpha value is -3.76. The van der Waals surface area contributed by atoms with E-state index in [0.717, 1.165) is 59.7 Å². The average Bonchev–Trinajstić information content (AvgIpc) is 3.46. The van der Waals surface area contributed by atoms with Crippen LogP contribution in [0.3, 0.4) is 0 Å². The Morgan fingerprint density at radius 2 is 1.69 bits per heavy atom. The summed E-state index contributed by atoms with van der Waals surface area (Å²) < 4.78 is 1.95. The number of carbonyl (C=O) groups is 2. The molecule has 0 atom stereocenters. The number of likely N-dealkylation sites (N-methyl/N-ethyl adjacent to an activating group) is 1. The number of benzene rings is 1. The van der Waals surface area contributed by atoms with Crippen molar-refractivity contribution < 1.29 is 9.59 Å². The van der Waals surface area contributed by atoms with E-state index in [1.807, 2.05) is 52.1 Å². The SMILES string of the molecule is CNC(=O)c1ccc(Nc2nc(-c3c(C)nc4ccc(C(=O)N5CCN(C)CC5)cn34)cs2)cc1. The van der Waals surface area contributed by atoms with Gasteiger partial charge in [0.1, 0.15) is 11.3 Å². The highest BCUT2D eigenvalue weighted by Crippen LogP contribution is 2.30. The fourth-order valence-corrected chi connectivity index (χ4v) is 4.92. The normalized spacial score (nSPS) is 14.3. The molecule has 5 rings (SSSR count). The van der Waals surface area contributed by atoms with Crippen LogP contribution < -0.4 is 10.6 Å². The van der Waals surface area contributed by atoms with E-state index in [1.165, 1.54) is 11.3 Å². The van der Waals surface area contributed by atoms with Gasteiger partial charge in [0.05, 0.1) is 17.0 Å². The van der Waals surface area contributed by atoms with Crippen molar-refractivity contribution >= 4 is 39.6 Å². The highest BCUT2D eigenvalue weighted by atomic mass is 32.1. The van der Waals surface area contributed by atoms with Crippen LogP contribution in [0.5, 0.6) is 0 Å². The summed E-state index contributed by atoms with van der Waals surface area (Å²) in [4.78, 5) is 38.5. The lowest BCUT2D eigenvalue weighted by atomic mass is 10.2. The van der Waals surface area contributed by atoms with Gasteiger partial charge in [-0.15, -0.1) is 11.3 Å². The van der Waals surface area contributed by atoms with Crippen molar-refractivity contribution in [2.45, 2.75) is 6.92 Å². The second-order valence-electron chi connectivity index (χ2n) is 8.61. The minimum Gasteiger partial charge on any atom is -0.355 e. The second-order valence-corrected chi connectivity index (χ2v) is 9.46. The molecule has 0 aliphatic carbocycles. The molecule has 0 saturated carbocycles. The maximum absolute atomic E-state index is 13.1. The van der Waals surface area contributed by atoms with Crippen molar-refractivity contribution in [1.29, 1.82) is 0 Å². The number of hydrogen-bond acceptors (Lipinski definition) is 7. The molecule has 10 heteroatoms. The van der Waals surface area contributed by atoms with Crippen molar-refractivity contribution in [1.82, 2.24) is 29.5 Å². The number of imidazole rings is 1. The van der Waals surface area contributed by atoms with E-state index >= 15 is 0 Å². The first-order chi connectivity index (χ1) is 16.9. The summed E-state index contributed by atoms with van der Waals surface area (Å²) in [5.41, 5.74) is 5.36. The Kier molecular flexibility index (Phi) is 6.23. The minimum atomic E-state index is -0.123. The lowest BCUT2D eigenvalue weighted by Crippen LogP contribution is -2.47. The number of amides is 2. The first-order valence-electron chi connectivity index (χ1n) is 11.4. The topological polar surface area (TPSA) is 94.9 Å². The quantitative estimate of drug-likeness (QED) is 0.447. The number of aryl methyl sites for hydroxylation is 1. The Labute approximate surface area is 207 Å². The van der Waals surface area contributed by atoms with Gasteiger partial charge in [0.25, 0.3) is 11.8 Å². The van der Waals surface area contributed by atoms with Gasteiger partial charge in [-0.3, -0.25) is 14.0 Å². The fraction of sp³-hybridized carbons (Fsp3) is 0.280. The molecule has 1 aliphatic rings. The third kappa shape index (κ3) is 4.62. The number of thiazole rings is 1. The summed E-state index contributed by atoms with van der Waals surface area (Å²) in [5, 5.41) is 8.62. The van der Waals surface area contributed by atoms with E-state index in [4.69, 9.17) is 4.98 Å². The Morgan fingerprint density at radius 3 is 2.40 bits per heavy atom. The van der Waals surface area contributed by atoms with Crippen LogP contribution in [-0.4, -0.2) is 76.3 Å². The second kappa shape index (κ2) is 9.47. The molecule has 4 heterocycles. The zero-order valence-corrected chi connectivity index (χ0v) is 20.7. The van der Waals surface area contributed by atoms with E-state index < -0.39 is 0 Å². The van der Waals surface area contributed by atoms with Crippen LogP contribution in [0.4, 0.5) is 10.8 Å². The van der Waals surface area contributed by atoms with Crippen LogP contribution >= 0.6 is 11.3 Å². The highest BCUT2D eigenvalue weighted by molar-refractivity contribution is 7.14. The molecule has 1 aromatic carbocycles. The third-order valence-corrected chi connectivity index (χ3v) is 6.96. The summed E-state index contributed by atoms with van der Waals surface area (Å²) in [6.07, 6.45) is 1.87. The average molecular weight is 490 g/mol. The van der Waals surface area contributed by atoms with Gasteiger partial charge >= 0.3 is 0 Å². The molecule has 2 amide bonds. The van der Waals surface area contributed by atoms with Crippen molar-refractivity contribution in [3.8, 4) is 11.4 Å². The van der Waals surface area contributed by atoms with Gasteiger partial charge in [-0.25, -0.2) is 9.97 Å². The minimum absolute atomic E-state index is 0.0399. The number of anilines is 2. The number of pyridine rings is 1. The largest absolute Gasteiger partial charge is 0.355 e. The smallest absolute Gasteiger partial charge is 0.255 e. The molecule has 0 spiro atoms. The molecule has 3 aromatic heterocycles. The van der Waals surface area contributed by atoms with E-state index in [1.54, 1.807) is 19.2 Å². The van der Waals surface area contributed by atoms with Gasteiger partial charge in [-0.05, 0) is 50.4 Å². The Bertz CT molecular complexity index is 1380. The number of piperazine rings is 1. The maximum atomic E-state index is 13.1. The first kappa shape index (κ1) is 23.0. The van der Waals surface area contributed by atoms with Crippen LogP contribution in [0, 0.1) is 6.92 Å². The molecule has 0 unspecified atom stereocenters. The van der Waals surface area contributed by atoms with Crippen molar-refractivity contribution in [3.63, 3.8) is 0 Å². The third-order valence-electron chi connectivity index (χ3n) is 6.20. The number of aromatic nitrogens is 3. The van der Waals surface area contributed by atoms with Crippen LogP contribution in [0.2, 0.25) is 0 Å². The summed E-state index contributed by atoms with van der Waals surface area (Å²) in [6, 6.07) is 11.0. The monoisotopic (exact) mass is 489 g/mol. The van der Waals surface area contributed by atoms with Crippen LogP contribution in [0.25, 0.3) is 17.0 Å². The zero-order valence-electron chi connectivity index (χ0n) is 19.9. The van der Waals surface area contributed by atoms with Crippen LogP contribution in [-0.2, 0) is 0 Å². The predicted octanol–water partition coefficient (Wildman–Crippen LogP) is 3.26. The molecule has 4 aromatic rings. The lowest BCUT2D eigenvalue weighted by Gasteiger charge is -2.32. The fourth-order valence-electron chi connectivity index (χ4n) is 4.20. The summed E-state index contributed by atoms with van der Waals surface area (Å²) >= 11 is 1.49. The molecular formula is C25H27N7O2S. The van der Waals surface area contributed by atoms with Crippen molar-refractivity contribution in [2.75, 3.05) is 45.6 Å². The van der Waals surface area contributed by atoms with Crippen molar-refractivity contribution in [2.24, 2.45) is 0 Å². The molecule has 180 valence electrons. The molecule has 1 fully saturated rings. The Morgan fingerprint density at radius 1 is 0.971 bits per heavy atom.